The third-order valence-corrected chi connectivity index (χ3v) is 4.51. The largest absolute Gasteiger partial charge is 0.357 e. The molecule has 2 rings (SSSR count). The van der Waals surface area contributed by atoms with E-state index in [2.05, 4.69) is 48.5 Å². The number of pyridine rings is 1. The van der Waals surface area contributed by atoms with Gasteiger partial charge < -0.3 is 10.6 Å². The first-order valence-electron chi connectivity index (χ1n) is 9.03. The van der Waals surface area contributed by atoms with Crippen molar-refractivity contribution < 1.29 is 0 Å². The highest BCUT2D eigenvalue weighted by Crippen LogP contribution is 2.28. The SMILES string of the molecule is CCNC(=NCCc1ccc(C)nc1)NC1CC(C)CC(C)C1. The Kier molecular flexibility index (Phi) is 6.87. The van der Waals surface area contributed by atoms with Crippen molar-refractivity contribution in [3.8, 4) is 0 Å². The molecule has 1 aliphatic rings. The molecule has 0 radical (unpaired) electrons. The Morgan fingerprint density at radius 3 is 2.57 bits per heavy atom. The molecule has 2 unspecified atom stereocenters. The fourth-order valence-electron chi connectivity index (χ4n) is 3.52. The molecular weight excluding hydrogens is 284 g/mol. The average molecular weight is 316 g/mol. The second-order valence-electron chi connectivity index (χ2n) is 7.08. The molecule has 0 saturated heterocycles. The quantitative estimate of drug-likeness (QED) is 0.647. The highest BCUT2D eigenvalue weighted by Gasteiger charge is 2.24. The van der Waals surface area contributed by atoms with Crippen LogP contribution in [0.25, 0.3) is 0 Å². The van der Waals surface area contributed by atoms with Gasteiger partial charge in [-0.25, -0.2) is 0 Å². The van der Waals surface area contributed by atoms with Crippen molar-refractivity contribution in [3.63, 3.8) is 0 Å². The molecule has 4 heteroatoms. The summed E-state index contributed by atoms with van der Waals surface area (Å²) in [6.45, 7) is 10.5. The number of nitrogens with one attached hydrogen (secondary N) is 2. The molecule has 0 amide bonds. The summed E-state index contributed by atoms with van der Waals surface area (Å²) in [5.41, 5.74) is 2.31. The van der Waals surface area contributed by atoms with Crippen molar-refractivity contribution in [2.75, 3.05) is 13.1 Å². The van der Waals surface area contributed by atoms with Crippen LogP contribution in [0.4, 0.5) is 0 Å². The van der Waals surface area contributed by atoms with E-state index < -0.39 is 0 Å². The van der Waals surface area contributed by atoms with Crippen LogP contribution in [0.15, 0.2) is 23.3 Å². The van der Waals surface area contributed by atoms with Gasteiger partial charge in [-0.1, -0.05) is 19.9 Å². The molecular formula is C19H32N4. The first-order valence-corrected chi connectivity index (χ1v) is 9.03. The minimum Gasteiger partial charge on any atom is -0.357 e. The lowest BCUT2D eigenvalue weighted by Gasteiger charge is -2.32. The molecule has 23 heavy (non-hydrogen) atoms. The van der Waals surface area contributed by atoms with Gasteiger partial charge >= 0.3 is 0 Å². The molecule has 1 aliphatic carbocycles. The number of rotatable bonds is 5. The molecule has 0 aromatic carbocycles. The van der Waals surface area contributed by atoms with E-state index >= 15 is 0 Å². The van der Waals surface area contributed by atoms with Gasteiger partial charge in [0, 0.05) is 31.0 Å². The van der Waals surface area contributed by atoms with Gasteiger partial charge in [0.05, 0.1) is 0 Å². The van der Waals surface area contributed by atoms with Crippen molar-refractivity contribution in [2.45, 2.75) is 59.4 Å². The van der Waals surface area contributed by atoms with Crippen LogP contribution in [0, 0.1) is 18.8 Å². The third kappa shape index (κ3) is 6.20. The summed E-state index contributed by atoms with van der Waals surface area (Å²) in [5, 5.41) is 7.01. The summed E-state index contributed by atoms with van der Waals surface area (Å²) in [6, 6.07) is 4.75. The highest BCUT2D eigenvalue weighted by atomic mass is 15.2. The van der Waals surface area contributed by atoms with Crippen molar-refractivity contribution in [2.24, 2.45) is 16.8 Å². The summed E-state index contributed by atoms with van der Waals surface area (Å²) in [6.07, 6.45) is 6.73. The second-order valence-corrected chi connectivity index (χ2v) is 7.08. The molecule has 128 valence electrons. The van der Waals surface area contributed by atoms with E-state index in [1.165, 1.54) is 24.8 Å². The molecule has 2 atom stereocenters. The topological polar surface area (TPSA) is 49.3 Å². The zero-order valence-electron chi connectivity index (χ0n) is 15.1. The van der Waals surface area contributed by atoms with Crippen LogP contribution < -0.4 is 10.6 Å². The zero-order chi connectivity index (χ0) is 16.7. The molecule has 1 aromatic rings. The normalized spacial score (nSPS) is 25.2. The Morgan fingerprint density at radius 2 is 1.96 bits per heavy atom. The lowest BCUT2D eigenvalue weighted by molar-refractivity contribution is 0.255. The number of aryl methyl sites for hydroxylation is 1. The van der Waals surface area contributed by atoms with Crippen molar-refractivity contribution in [1.29, 1.82) is 0 Å². The number of hydrogen-bond donors (Lipinski definition) is 2. The lowest BCUT2D eigenvalue weighted by Crippen LogP contribution is -2.46. The van der Waals surface area contributed by atoms with Gasteiger partial charge in [-0.15, -0.1) is 0 Å². The lowest BCUT2D eigenvalue weighted by atomic mass is 9.80. The van der Waals surface area contributed by atoms with Gasteiger partial charge in [-0.2, -0.15) is 0 Å². The molecule has 0 bridgehead atoms. The number of aromatic nitrogens is 1. The Morgan fingerprint density at radius 1 is 1.22 bits per heavy atom. The predicted molar refractivity (Wildman–Crippen MR) is 97.8 cm³/mol. The summed E-state index contributed by atoms with van der Waals surface area (Å²) >= 11 is 0. The van der Waals surface area contributed by atoms with E-state index in [0.717, 1.165) is 43.0 Å². The molecule has 0 aliphatic heterocycles. The van der Waals surface area contributed by atoms with Crippen LogP contribution in [0.1, 0.15) is 51.3 Å². The molecule has 1 heterocycles. The molecule has 2 N–H and O–H groups in total. The van der Waals surface area contributed by atoms with Crippen LogP contribution in [0.5, 0.6) is 0 Å². The standard InChI is InChI=1S/C19H32N4/c1-5-20-19(23-18-11-14(2)10-15(3)12-18)21-9-8-17-7-6-16(4)22-13-17/h6-7,13-15,18H,5,8-12H2,1-4H3,(H2,20,21,23). The van der Waals surface area contributed by atoms with Crippen molar-refractivity contribution in [3.05, 3.63) is 29.6 Å². The summed E-state index contributed by atoms with van der Waals surface area (Å²) in [5.74, 6) is 2.56. The second kappa shape index (κ2) is 8.90. The fraction of sp³-hybridized carbons (Fsp3) is 0.684. The first kappa shape index (κ1) is 17.8. The van der Waals surface area contributed by atoms with E-state index in [9.17, 15) is 0 Å². The maximum absolute atomic E-state index is 4.74. The van der Waals surface area contributed by atoms with Crippen LogP contribution in [0.2, 0.25) is 0 Å². The zero-order valence-corrected chi connectivity index (χ0v) is 15.1. The summed E-state index contributed by atoms with van der Waals surface area (Å²) in [4.78, 5) is 9.09. The van der Waals surface area contributed by atoms with Crippen LogP contribution in [0.3, 0.4) is 0 Å². The van der Waals surface area contributed by atoms with Gasteiger partial charge in [-0.05, 0) is 63.0 Å². The van der Waals surface area contributed by atoms with Crippen LogP contribution in [-0.4, -0.2) is 30.1 Å². The van der Waals surface area contributed by atoms with Gasteiger partial charge in [0.15, 0.2) is 5.96 Å². The minimum absolute atomic E-state index is 0.549. The third-order valence-electron chi connectivity index (χ3n) is 4.51. The van der Waals surface area contributed by atoms with E-state index in [1.54, 1.807) is 0 Å². The Bertz CT molecular complexity index is 485. The summed E-state index contributed by atoms with van der Waals surface area (Å²) < 4.78 is 0. The van der Waals surface area contributed by atoms with Crippen molar-refractivity contribution in [1.82, 2.24) is 15.6 Å². The average Bonchev–Trinajstić information content (AvgIpc) is 2.48. The van der Waals surface area contributed by atoms with E-state index in [0.29, 0.717) is 6.04 Å². The molecule has 0 spiro atoms. The monoisotopic (exact) mass is 316 g/mol. The van der Waals surface area contributed by atoms with E-state index in [-0.39, 0.29) is 0 Å². The number of nitrogens with zero attached hydrogens (tertiary/aromatic N) is 2. The molecule has 4 nitrogen and oxygen atoms in total. The number of hydrogen-bond acceptors (Lipinski definition) is 2. The number of aliphatic imine (C=N–C) groups is 1. The molecule has 1 aromatic heterocycles. The van der Waals surface area contributed by atoms with Gasteiger partial charge in [0.25, 0.3) is 0 Å². The highest BCUT2D eigenvalue weighted by molar-refractivity contribution is 5.80. The Hall–Kier alpha value is -1.58. The van der Waals surface area contributed by atoms with Crippen LogP contribution >= 0.6 is 0 Å². The fourth-order valence-corrected chi connectivity index (χ4v) is 3.52. The molecule has 1 fully saturated rings. The summed E-state index contributed by atoms with van der Waals surface area (Å²) in [7, 11) is 0. The predicted octanol–water partition coefficient (Wildman–Crippen LogP) is 3.31. The van der Waals surface area contributed by atoms with Gasteiger partial charge in [0.1, 0.15) is 0 Å². The smallest absolute Gasteiger partial charge is 0.191 e. The number of guanidine groups is 1. The van der Waals surface area contributed by atoms with Gasteiger partial charge in [0.2, 0.25) is 0 Å². The van der Waals surface area contributed by atoms with E-state index in [1.807, 2.05) is 13.1 Å². The van der Waals surface area contributed by atoms with Gasteiger partial charge in [-0.3, -0.25) is 9.98 Å². The minimum atomic E-state index is 0.549. The first-order chi connectivity index (χ1) is 11.1. The Balaban J connectivity index is 1.87. The maximum Gasteiger partial charge on any atom is 0.191 e. The Labute approximate surface area is 141 Å². The molecule has 1 saturated carbocycles. The van der Waals surface area contributed by atoms with Crippen molar-refractivity contribution >= 4 is 5.96 Å². The van der Waals surface area contributed by atoms with E-state index in [4.69, 9.17) is 4.99 Å². The van der Waals surface area contributed by atoms with Crippen LogP contribution in [-0.2, 0) is 6.42 Å². The maximum atomic E-state index is 4.74.